The lowest BCUT2D eigenvalue weighted by Crippen LogP contribution is -2.44. The number of amides is 1. The average molecular weight is 435 g/mol. The second-order valence-electron chi connectivity index (χ2n) is 6.45. The van der Waals surface area contributed by atoms with Gasteiger partial charge in [-0.3, -0.25) is 14.9 Å². The molecule has 0 radical (unpaired) electrons. The van der Waals surface area contributed by atoms with Crippen molar-refractivity contribution in [2.24, 2.45) is 0 Å². The van der Waals surface area contributed by atoms with Crippen LogP contribution in [-0.2, 0) is 9.53 Å². The van der Waals surface area contributed by atoms with E-state index in [-0.39, 0.29) is 17.9 Å². The summed E-state index contributed by atoms with van der Waals surface area (Å²) in [6.07, 6.45) is 0. The maximum atomic E-state index is 13.4. The Kier molecular flexibility index (Phi) is 6.44. The number of aryl methyl sites for hydroxylation is 1. The van der Waals surface area contributed by atoms with Gasteiger partial charge in [-0.2, -0.15) is 0 Å². The number of hydrogen-bond acceptors (Lipinski definition) is 6. The topological polar surface area (TPSA) is 89.8 Å². The predicted molar refractivity (Wildman–Crippen MR) is 111 cm³/mol. The van der Waals surface area contributed by atoms with Crippen LogP contribution in [0.2, 0.25) is 5.02 Å². The number of thioether (sulfide) groups is 1. The van der Waals surface area contributed by atoms with Crippen molar-refractivity contribution in [3.63, 3.8) is 0 Å². The molecule has 29 heavy (non-hydrogen) atoms. The predicted octanol–water partition coefficient (Wildman–Crippen LogP) is 4.38. The van der Waals surface area contributed by atoms with Crippen molar-refractivity contribution in [2.45, 2.75) is 25.3 Å². The zero-order valence-electron chi connectivity index (χ0n) is 15.8. The number of rotatable bonds is 5. The summed E-state index contributed by atoms with van der Waals surface area (Å²) in [5.74, 6) is -0.653. The van der Waals surface area contributed by atoms with E-state index < -0.39 is 28.2 Å². The summed E-state index contributed by atoms with van der Waals surface area (Å²) in [4.78, 5) is 38.1. The quantitative estimate of drug-likeness (QED) is 0.394. The van der Waals surface area contributed by atoms with E-state index in [1.165, 1.54) is 34.9 Å². The van der Waals surface area contributed by atoms with Crippen LogP contribution in [0, 0.1) is 17.0 Å². The number of nitrogens with zero attached hydrogens (tertiary/aromatic N) is 2. The minimum Gasteiger partial charge on any atom is -0.464 e. The Morgan fingerprint density at radius 3 is 2.69 bits per heavy atom. The standard InChI is InChI=1S/C20H19ClN2O5S/c1-3-28-20(25)17-11-29-19(14-6-4-5-7-15(14)21)22(17)18(24)13-9-8-12(2)16(10-13)23(26)27/h4-10,17,19H,3,11H2,1-2H3. The lowest BCUT2D eigenvalue weighted by molar-refractivity contribution is -0.385. The summed E-state index contributed by atoms with van der Waals surface area (Å²) in [6.45, 7) is 3.49. The van der Waals surface area contributed by atoms with Crippen LogP contribution >= 0.6 is 23.4 Å². The van der Waals surface area contributed by atoms with Crippen molar-refractivity contribution >= 4 is 40.9 Å². The van der Waals surface area contributed by atoms with Crippen molar-refractivity contribution in [3.05, 3.63) is 74.3 Å². The van der Waals surface area contributed by atoms with Gasteiger partial charge in [0.05, 0.1) is 11.5 Å². The molecule has 2 unspecified atom stereocenters. The van der Waals surface area contributed by atoms with Crippen LogP contribution < -0.4 is 0 Å². The SMILES string of the molecule is CCOC(=O)C1CSC(c2ccccc2Cl)N1C(=O)c1ccc(C)c([N+](=O)[O-])c1. The molecule has 1 saturated heterocycles. The minimum absolute atomic E-state index is 0.135. The highest BCUT2D eigenvalue weighted by Crippen LogP contribution is 2.44. The van der Waals surface area contributed by atoms with E-state index in [4.69, 9.17) is 16.3 Å². The van der Waals surface area contributed by atoms with Crippen LogP contribution in [0.15, 0.2) is 42.5 Å². The van der Waals surface area contributed by atoms with Gasteiger partial charge in [0.1, 0.15) is 11.4 Å². The maximum absolute atomic E-state index is 13.4. The van der Waals surface area contributed by atoms with Gasteiger partial charge in [0.2, 0.25) is 0 Å². The molecule has 2 aromatic rings. The molecular formula is C20H19ClN2O5S. The monoisotopic (exact) mass is 434 g/mol. The average Bonchev–Trinajstić information content (AvgIpc) is 3.13. The van der Waals surface area contributed by atoms with Crippen LogP contribution in [0.25, 0.3) is 0 Å². The van der Waals surface area contributed by atoms with Gasteiger partial charge in [0.15, 0.2) is 0 Å². The Labute approximate surface area is 177 Å². The molecule has 1 heterocycles. The summed E-state index contributed by atoms with van der Waals surface area (Å²) in [5.41, 5.74) is 1.13. The highest BCUT2D eigenvalue weighted by molar-refractivity contribution is 7.99. The molecule has 7 nitrogen and oxygen atoms in total. The number of nitro groups is 1. The molecule has 1 aliphatic rings. The summed E-state index contributed by atoms with van der Waals surface area (Å²) >= 11 is 7.74. The van der Waals surface area contributed by atoms with Crippen molar-refractivity contribution in [3.8, 4) is 0 Å². The first-order valence-electron chi connectivity index (χ1n) is 8.95. The molecule has 0 aromatic heterocycles. The lowest BCUT2D eigenvalue weighted by atomic mass is 10.1. The molecule has 0 aliphatic carbocycles. The number of halogens is 1. The van der Waals surface area contributed by atoms with E-state index in [0.29, 0.717) is 21.9 Å². The van der Waals surface area contributed by atoms with Crippen molar-refractivity contribution in [2.75, 3.05) is 12.4 Å². The fourth-order valence-electron chi connectivity index (χ4n) is 3.18. The number of hydrogen-bond donors (Lipinski definition) is 0. The molecular weight excluding hydrogens is 416 g/mol. The first-order valence-corrected chi connectivity index (χ1v) is 10.4. The molecule has 2 atom stereocenters. The Balaban J connectivity index is 2.05. The number of nitro benzene ring substituents is 1. The molecule has 1 amide bonds. The van der Waals surface area contributed by atoms with Gasteiger partial charge in [0.25, 0.3) is 11.6 Å². The van der Waals surface area contributed by atoms with Gasteiger partial charge in [-0.05, 0) is 26.0 Å². The van der Waals surface area contributed by atoms with Gasteiger partial charge in [-0.1, -0.05) is 35.9 Å². The van der Waals surface area contributed by atoms with Crippen LogP contribution in [0.5, 0.6) is 0 Å². The van der Waals surface area contributed by atoms with E-state index in [9.17, 15) is 19.7 Å². The van der Waals surface area contributed by atoms with E-state index in [1.54, 1.807) is 38.1 Å². The summed E-state index contributed by atoms with van der Waals surface area (Å²) in [7, 11) is 0. The normalized spacial score (nSPS) is 18.5. The van der Waals surface area contributed by atoms with E-state index in [1.807, 2.05) is 0 Å². The fraction of sp³-hybridized carbons (Fsp3) is 0.300. The Morgan fingerprint density at radius 1 is 1.31 bits per heavy atom. The van der Waals surface area contributed by atoms with Crippen molar-refractivity contribution in [1.82, 2.24) is 4.90 Å². The summed E-state index contributed by atoms with van der Waals surface area (Å²) in [6, 6.07) is 10.6. The Hall–Kier alpha value is -2.58. The first kappa shape index (κ1) is 21.1. The number of ether oxygens (including phenoxy) is 1. The van der Waals surface area contributed by atoms with Gasteiger partial charge < -0.3 is 9.64 Å². The third-order valence-electron chi connectivity index (χ3n) is 4.62. The molecule has 3 rings (SSSR count). The second kappa shape index (κ2) is 8.84. The van der Waals surface area contributed by atoms with Gasteiger partial charge in [0, 0.05) is 33.5 Å². The molecule has 9 heteroatoms. The molecule has 1 fully saturated rings. The lowest BCUT2D eigenvalue weighted by Gasteiger charge is -2.29. The van der Waals surface area contributed by atoms with Crippen LogP contribution in [0.3, 0.4) is 0 Å². The van der Waals surface area contributed by atoms with Crippen LogP contribution in [0.4, 0.5) is 5.69 Å². The number of esters is 1. The van der Waals surface area contributed by atoms with Crippen molar-refractivity contribution in [1.29, 1.82) is 0 Å². The molecule has 0 N–H and O–H groups in total. The molecule has 0 bridgehead atoms. The summed E-state index contributed by atoms with van der Waals surface area (Å²) < 4.78 is 5.15. The number of carbonyl (C=O) groups is 2. The number of carbonyl (C=O) groups excluding carboxylic acids is 2. The van der Waals surface area contributed by atoms with E-state index in [2.05, 4.69) is 0 Å². The van der Waals surface area contributed by atoms with Gasteiger partial charge >= 0.3 is 5.97 Å². The third-order valence-corrected chi connectivity index (χ3v) is 6.27. The van der Waals surface area contributed by atoms with Gasteiger partial charge in [-0.25, -0.2) is 4.79 Å². The molecule has 152 valence electrons. The minimum atomic E-state index is -0.811. The smallest absolute Gasteiger partial charge is 0.329 e. The molecule has 0 saturated carbocycles. The third kappa shape index (κ3) is 4.23. The molecule has 1 aliphatic heterocycles. The molecule has 2 aromatic carbocycles. The fourth-order valence-corrected chi connectivity index (χ4v) is 4.93. The van der Waals surface area contributed by atoms with Crippen LogP contribution in [0.1, 0.15) is 33.8 Å². The van der Waals surface area contributed by atoms with Gasteiger partial charge in [-0.15, -0.1) is 11.8 Å². The van der Waals surface area contributed by atoms with E-state index >= 15 is 0 Å². The second-order valence-corrected chi connectivity index (χ2v) is 7.97. The first-order chi connectivity index (χ1) is 13.8. The Morgan fingerprint density at radius 2 is 2.03 bits per heavy atom. The Bertz CT molecular complexity index is 968. The van der Waals surface area contributed by atoms with E-state index in [0.717, 1.165) is 0 Å². The van der Waals surface area contributed by atoms with Crippen molar-refractivity contribution < 1.29 is 19.2 Å². The summed E-state index contributed by atoms with van der Waals surface area (Å²) in [5, 5.41) is 11.3. The zero-order chi connectivity index (χ0) is 21.1. The highest BCUT2D eigenvalue weighted by Gasteiger charge is 2.44. The largest absolute Gasteiger partial charge is 0.464 e. The highest BCUT2D eigenvalue weighted by atomic mass is 35.5. The number of benzene rings is 2. The molecule has 0 spiro atoms. The maximum Gasteiger partial charge on any atom is 0.329 e. The zero-order valence-corrected chi connectivity index (χ0v) is 17.4. The van der Waals surface area contributed by atoms with Crippen LogP contribution in [-0.4, -0.2) is 40.1 Å².